The molecule has 4 aromatic rings. The number of aliphatic hydroxyl groups is 1. The highest BCUT2D eigenvalue weighted by atomic mass is 28.4. The lowest BCUT2D eigenvalue weighted by Crippen LogP contribution is -2.45. The molecule has 3 aromatic carbocycles. The van der Waals surface area contributed by atoms with Crippen LogP contribution in [0.1, 0.15) is 48.6 Å². The van der Waals surface area contributed by atoms with Gasteiger partial charge in [-0.05, 0) is 48.8 Å². The number of fused-ring (bicyclic) bond motifs is 2. The van der Waals surface area contributed by atoms with E-state index in [-0.39, 0.29) is 18.4 Å². The SMILES string of the molecule is C[C@H]1[C@H]([Si](C)(C)F)[C@@H](CCn2cc(CCO)nn2)O[C@]12C(=O)N(Cc1ccccc1)c1ccc(N3N=C(c4ccccc4)CCC3=O)cc12. The zero-order valence-electron chi connectivity index (χ0n) is 28.0. The van der Waals surface area contributed by atoms with E-state index in [1.807, 2.05) is 85.8 Å². The third-order valence-corrected chi connectivity index (χ3v) is 12.6. The van der Waals surface area contributed by atoms with Gasteiger partial charge in [-0.3, -0.25) is 14.3 Å². The average Bonchev–Trinajstić information content (AvgIpc) is 3.74. The largest absolute Gasteiger partial charge is 0.396 e. The fourth-order valence-electron chi connectivity index (χ4n) is 7.89. The van der Waals surface area contributed by atoms with Crippen molar-refractivity contribution in [1.82, 2.24) is 15.0 Å². The Labute approximate surface area is 286 Å². The van der Waals surface area contributed by atoms with Gasteiger partial charge in [0.15, 0.2) is 5.60 Å². The Bertz CT molecular complexity index is 1880. The van der Waals surface area contributed by atoms with Gasteiger partial charge in [-0.15, -0.1) is 5.10 Å². The highest BCUT2D eigenvalue weighted by Crippen LogP contribution is 2.60. The highest BCUT2D eigenvalue weighted by Gasteiger charge is 2.66. The van der Waals surface area contributed by atoms with E-state index in [1.165, 1.54) is 5.01 Å². The van der Waals surface area contributed by atoms with E-state index >= 15 is 4.11 Å². The summed E-state index contributed by atoms with van der Waals surface area (Å²) in [6.07, 6.45) is 2.87. The third kappa shape index (κ3) is 6.02. The summed E-state index contributed by atoms with van der Waals surface area (Å²) in [4.78, 5) is 30.0. The van der Waals surface area contributed by atoms with Gasteiger partial charge in [-0.1, -0.05) is 72.8 Å². The van der Waals surface area contributed by atoms with Gasteiger partial charge >= 0.3 is 0 Å². The zero-order chi connectivity index (χ0) is 34.3. The second-order valence-electron chi connectivity index (χ2n) is 13.7. The molecule has 3 aliphatic rings. The molecule has 1 saturated heterocycles. The molecule has 1 fully saturated rings. The quantitative estimate of drug-likeness (QED) is 0.169. The molecule has 7 rings (SSSR count). The average molecular weight is 681 g/mol. The second kappa shape index (κ2) is 13.1. The minimum absolute atomic E-state index is 0.0287. The fraction of sp³-hybridized carbons (Fsp3) is 0.378. The van der Waals surface area contributed by atoms with Crippen LogP contribution in [-0.4, -0.2) is 58.7 Å². The van der Waals surface area contributed by atoms with Crippen LogP contribution in [0, 0.1) is 5.92 Å². The first kappa shape index (κ1) is 33.0. The summed E-state index contributed by atoms with van der Waals surface area (Å²) in [5.41, 5.74) is 3.28. The molecule has 12 heteroatoms. The molecule has 10 nitrogen and oxygen atoms in total. The molecule has 0 radical (unpaired) electrons. The summed E-state index contributed by atoms with van der Waals surface area (Å²) in [5, 5.41) is 23.8. The molecule has 0 bridgehead atoms. The number of aliphatic hydroxyl groups excluding tert-OH is 1. The van der Waals surface area contributed by atoms with Crippen molar-refractivity contribution in [2.45, 2.75) is 76.0 Å². The van der Waals surface area contributed by atoms with Crippen LogP contribution < -0.4 is 9.91 Å². The Hall–Kier alpha value is -4.52. The number of halogens is 1. The Morgan fingerprint density at radius 2 is 1.76 bits per heavy atom. The van der Waals surface area contributed by atoms with E-state index in [0.29, 0.717) is 61.4 Å². The van der Waals surface area contributed by atoms with Crippen LogP contribution in [0.5, 0.6) is 0 Å². The number of benzene rings is 3. The topological polar surface area (TPSA) is 113 Å². The van der Waals surface area contributed by atoms with Gasteiger partial charge in [-0.2, -0.15) is 5.10 Å². The van der Waals surface area contributed by atoms with Crippen molar-refractivity contribution in [3.8, 4) is 0 Å². The van der Waals surface area contributed by atoms with Gasteiger partial charge in [0, 0.05) is 55.6 Å². The molecule has 0 saturated carbocycles. The van der Waals surface area contributed by atoms with Crippen molar-refractivity contribution in [3.05, 3.63) is 107 Å². The standard InChI is InChI=1S/C37H41FN6O4Si/c1-25-35(49(2,3)38)33(18-20-42-24-28(19-21-45)39-41-42)48-37(25)30-22-29(44-34(46)17-15-31(40-44)27-12-8-5-9-13-27)14-16-32(30)43(36(37)47)23-26-10-6-4-7-11-26/h4-14,16,22,24-25,33,35,45H,15,17-21,23H2,1-3H3/t25-,33+,35-,37+/m0/s1. The molecule has 254 valence electrons. The van der Waals surface area contributed by atoms with E-state index in [2.05, 4.69) is 10.3 Å². The van der Waals surface area contributed by atoms with E-state index in [4.69, 9.17) is 9.84 Å². The minimum Gasteiger partial charge on any atom is -0.396 e. The number of aromatic nitrogens is 3. The number of carbonyl (C=O) groups is 2. The first-order valence-electron chi connectivity index (χ1n) is 16.9. The zero-order valence-corrected chi connectivity index (χ0v) is 29.0. The number of ether oxygens (including phenoxy) is 1. The van der Waals surface area contributed by atoms with Gasteiger partial charge in [-0.25, -0.2) is 5.01 Å². The maximum absolute atomic E-state index is 16.4. The van der Waals surface area contributed by atoms with Crippen LogP contribution in [0.3, 0.4) is 0 Å². The summed E-state index contributed by atoms with van der Waals surface area (Å²) < 4.78 is 25.1. The van der Waals surface area contributed by atoms with E-state index in [9.17, 15) is 14.7 Å². The van der Waals surface area contributed by atoms with Crippen molar-refractivity contribution in [2.24, 2.45) is 11.0 Å². The molecule has 3 aliphatic heterocycles. The summed E-state index contributed by atoms with van der Waals surface area (Å²) in [6.45, 7) is 6.01. The first-order valence-corrected chi connectivity index (χ1v) is 19.9. The van der Waals surface area contributed by atoms with Crippen LogP contribution in [0.25, 0.3) is 0 Å². The van der Waals surface area contributed by atoms with Crippen molar-refractivity contribution < 1.29 is 23.5 Å². The molecular weight excluding hydrogens is 640 g/mol. The normalized spacial score (nSPS) is 23.8. The molecule has 4 heterocycles. The van der Waals surface area contributed by atoms with Crippen LogP contribution in [0.2, 0.25) is 18.6 Å². The number of rotatable bonds is 10. The Kier molecular flexibility index (Phi) is 8.80. The minimum atomic E-state index is -3.40. The summed E-state index contributed by atoms with van der Waals surface area (Å²) in [6, 6.07) is 25.1. The fourth-order valence-corrected chi connectivity index (χ4v) is 10.4. The molecule has 4 atom stereocenters. The number of nitrogens with zero attached hydrogens (tertiary/aromatic N) is 6. The van der Waals surface area contributed by atoms with Gasteiger partial charge < -0.3 is 18.9 Å². The molecule has 1 aromatic heterocycles. The van der Waals surface area contributed by atoms with E-state index in [1.54, 1.807) is 28.9 Å². The Morgan fingerprint density at radius 3 is 2.47 bits per heavy atom. The lowest BCUT2D eigenvalue weighted by atomic mass is 9.82. The monoisotopic (exact) mass is 680 g/mol. The maximum Gasteiger partial charge on any atom is 0.264 e. The molecule has 49 heavy (non-hydrogen) atoms. The number of carbonyl (C=O) groups excluding carboxylic acids is 2. The van der Waals surface area contributed by atoms with E-state index in [0.717, 1.165) is 16.8 Å². The van der Waals surface area contributed by atoms with Crippen molar-refractivity contribution >= 4 is 37.3 Å². The summed E-state index contributed by atoms with van der Waals surface area (Å²) in [7, 11) is -3.40. The smallest absolute Gasteiger partial charge is 0.264 e. The van der Waals surface area contributed by atoms with E-state index < -0.39 is 31.6 Å². The molecule has 1 N–H and O–H groups in total. The summed E-state index contributed by atoms with van der Waals surface area (Å²) >= 11 is 0. The lowest BCUT2D eigenvalue weighted by Gasteiger charge is -2.31. The van der Waals surface area contributed by atoms with Crippen LogP contribution in [-0.2, 0) is 39.4 Å². The number of hydrogen-bond donors (Lipinski definition) is 1. The van der Waals surface area contributed by atoms with Crippen molar-refractivity contribution in [1.29, 1.82) is 0 Å². The Morgan fingerprint density at radius 1 is 1.02 bits per heavy atom. The molecule has 0 unspecified atom stereocenters. The molecule has 0 aliphatic carbocycles. The maximum atomic E-state index is 16.4. The summed E-state index contributed by atoms with van der Waals surface area (Å²) in [5.74, 6) is -0.861. The first-order chi connectivity index (χ1) is 23.6. The lowest BCUT2D eigenvalue weighted by molar-refractivity contribution is -0.146. The van der Waals surface area contributed by atoms with Crippen LogP contribution >= 0.6 is 0 Å². The number of anilines is 2. The van der Waals surface area contributed by atoms with Gasteiger partial charge in [0.2, 0.25) is 14.3 Å². The van der Waals surface area contributed by atoms with Gasteiger partial charge in [0.05, 0.1) is 35.4 Å². The van der Waals surface area contributed by atoms with Crippen LogP contribution in [0.15, 0.2) is 90.2 Å². The van der Waals surface area contributed by atoms with Gasteiger partial charge in [0.25, 0.3) is 5.91 Å². The van der Waals surface area contributed by atoms with Crippen LogP contribution in [0.4, 0.5) is 15.5 Å². The number of amides is 2. The Balaban J connectivity index is 1.30. The highest BCUT2D eigenvalue weighted by molar-refractivity contribution is 6.72. The van der Waals surface area contributed by atoms with Gasteiger partial charge in [0.1, 0.15) is 0 Å². The number of hydrogen-bond acceptors (Lipinski definition) is 7. The predicted molar refractivity (Wildman–Crippen MR) is 187 cm³/mol. The predicted octanol–water partition coefficient (Wildman–Crippen LogP) is 5.76. The molecule has 2 amide bonds. The number of aryl methyl sites for hydroxylation is 1. The molecule has 1 spiro atoms. The third-order valence-electron chi connectivity index (χ3n) is 10.1. The van der Waals surface area contributed by atoms with Crippen molar-refractivity contribution in [2.75, 3.05) is 16.5 Å². The number of hydrazone groups is 1. The second-order valence-corrected chi connectivity index (χ2v) is 17.5. The van der Waals surface area contributed by atoms with Crippen molar-refractivity contribution in [3.63, 3.8) is 0 Å². The molecular formula is C37H41FN6O4Si.